The van der Waals surface area contributed by atoms with Gasteiger partial charge in [0, 0.05) is 26.4 Å². The molecule has 0 unspecified atom stereocenters. The maximum absolute atomic E-state index is 13.3. The van der Waals surface area contributed by atoms with Crippen molar-refractivity contribution in [2.24, 2.45) is 0 Å². The minimum Gasteiger partial charge on any atom is -0.288 e. The summed E-state index contributed by atoms with van der Waals surface area (Å²) in [6.07, 6.45) is 0. The van der Waals surface area contributed by atoms with Gasteiger partial charge in [0.05, 0.1) is 4.47 Å². The van der Waals surface area contributed by atoms with Gasteiger partial charge in [0.1, 0.15) is 0 Å². The van der Waals surface area contributed by atoms with Gasteiger partial charge in [-0.3, -0.25) is 4.79 Å². The highest BCUT2D eigenvalue weighted by atomic mass is 79.9. The highest BCUT2D eigenvalue weighted by Gasteiger charge is 2.20. The molecule has 1 heterocycles. The van der Waals surface area contributed by atoms with Crippen LogP contribution < -0.4 is 0 Å². The number of carbonyl (C=O) groups is 1. The highest BCUT2D eigenvalue weighted by Crippen LogP contribution is 2.29. The summed E-state index contributed by atoms with van der Waals surface area (Å²) in [5.74, 6) is -2.40. The van der Waals surface area contributed by atoms with Gasteiger partial charge in [0.15, 0.2) is 17.4 Å². The van der Waals surface area contributed by atoms with Crippen molar-refractivity contribution in [3.05, 3.63) is 54.6 Å². The number of carbonyl (C=O) groups excluding carboxylic acids is 1. The van der Waals surface area contributed by atoms with Crippen LogP contribution in [0.15, 0.2) is 31.8 Å². The lowest BCUT2D eigenvalue weighted by atomic mass is 10.1. The van der Waals surface area contributed by atoms with E-state index in [-0.39, 0.29) is 15.8 Å². The fourth-order valence-electron chi connectivity index (χ4n) is 1.29. The molecule has 0 saturated heterocycles. The van der Waals surface area contributed by atoms with Crippen LogP contribution in [0.3, 0.4) is 0 Å². The Labute approximate surface area is 117 Å². The molecule has 0 aliphatic rings. The van der Waals surface area contributed by atoms with E-state index in [1.807, 2.05) is 0 Å². The van der Waals surface area contributed by atoms with E-state index in [1.165, 1.54) is 17.4 Å². The van der Waals surface area contributed by atoms with Crippen molar-refractivity contribution in [3.8, 4) is 0 Å². The van der Waals surface area contributed by atoms with Crippen molar-refractivity contribution >= 4 is 49.0 Å². The molecule has 2 rings (SSSR count). The molecule has 0 saturated carbocycles. The van der Waals surface area contributed by atoms with Gasteiger partial charge >= 0.3 is 0 Å². The predicted octanol–water partition coefficient (Wildman–Crippen LogP) is 4.78. The second-order valence-electron chi connectivity index (χ2n) is 3.19. The van der Waals surface area contributed by atoms with Gasteiger partial charge in [-0.2, -0.15) is 11.3 Å². The number of hydrogen-bond donors (Lipinski definition) is 0. The van der Waals surface area contributed by atoms with Crippen molar-refractivity contribution in [2.45, 2.75) is 0 Å². The Morgan fingerprint density at radius 1 is 1.12 bits per heavy atom. The van der Waals surface area contributed by atoms with Crippen LogP contribution in [0.2, 0.25) is 0 Å². The lowest BCUT2D eigenvalue weighted by molar-refractivity contribution is 0.103. The number of halogens is 4. The van der Waals surface area contributed by atoms with E-state index in [2.05, 4.69) is 31.9 Å². The minimum absolute atomic E-state index is 0.100. The smallest absolute Gasteiger partial charge is 0.196 e. The standard InChI is InChI=1S/C11H4Br2F2OS/c12-7-4-17-3-6(7)11(16)5-1-2-8(14)10(15)9(5)13/h1-4H. The van der Waals surface area contributed by atoms with E-state index >= 15 is 0 Å². The summed E-state index contributed by atoms with van der Waals surface area (Å²) in [7, 11) is 0. The molecule has 0 aliphatic heterocycles. The number of thiophene rings is 1. The Morgan fingerprint density at radius 3 is 2.41 bits per heavy atom. The first-order chi connectivity index (χ1) is 8.02. The van der Waals surface area contributed by atoms with Crippen molar-refractivity contribution in [2.75, 3.05) is 0 Å². The molecule has 1 aromatic heterocycles. The van der Waals surface area contributed by atoms with Gasteiger partial charge in [0.25, 0.3) is 0 Å². The second kappa shape index (κ2) is 4.96. The number of ketones is 1. The quantitative estimate of drug-likeness (QED) is 0.540. The zero-order chi connectivity index (χ0) is 12.6. The van der Waals surface area contributed by atoms with Crippen molar-refractivity contribution in [1.29, 1.82) is 0 Å². The Balaban J connectivity index is 2.53. The Hall–Kier alpha value is -0.590. The molecule has 88 valence electrons. The van der Waals surface area contributed by atoms with Crippen molar-refractivity contribution < 1.29 is 13.6 Å². The topological polar surface area (TPSA) is 17.1 Å². The van der Waals surface area contributed by atoms with E-state index in [0.29, 0.717) is 10.0 Å². The van der Waals surface area contributed by atoms with Crippen LogP contribution in [0.1, 0.15) is 15.9 Å². The molecule has 6 heteroatoms. The lowest BCUT2D eigenvalue weighted by Crippen LogP contribution is -2.04. The van der Waals surface area contributed by atoms with Crippen LogP contribution in [0.5, 0.6) is 0 Å². The fraction of sp³-hybridized carbons (Fsp3) is 0. The molecule has 0 fully saturated rings. The molecular formula is C11H4Br2F2OS. The SMILES string of the molecule is O=C(c1cscc1Br)c1ccc(F)c(F)c1Br. The van der Waals surface area contributed by atoms with Gasteiger partial charge in [-0.25, -0.2) is 8.78 Å². The highest BCUT2D eigenvalue weighted by molar-refractivity contribution is 9.11. The molecule has 2 aromatic rings. The molecule has 0 amide bonds. The minimum atomic E-state index is -1.05. The first kappa shape index (κ1) is 12.9. The predicted molar refractivity (Wildman–Crippen MR) is 69.5 cm³/mol. The molecule has 0 N–H and O–H groups in total. The summed E-state index contributed by atoms with van der Waals surface area (Å²) in [6.45, 7) is 0. The Bertz CT molecular complexity index is 595. The van der Waals surface area contributed by atoms with E-state index in [9.17, 15) is 13.6 Å². The average Bonchev–Trinajstić information content (AvgIpc) is 2.72. The molecule has 1 nitrogen and oxygen atoms in total. The summed E-state index contributed by atoms with van der Waals surface area (Å²) >= 11 is 7.47. The average molecular weight is 382 g/mol. The molecule has 0 aliphatic carbocycles. The van der Waals surface area contributed by atoms with Crippen molar-refractivity contribution in [1.82, 2.24) is 0 Å². The third-order valence-electron chi connectivity index (χ3n) is 2.14. The summed E-state index contributed by atoms with van der Waals surface area (Å²) in [5, 5.41) is 3.40. The Morgan fingerprint density at radius 2 is 1.82 bits per heavy atom. The molecular weight excluding hydrogens is 378 g/mol. The van der Waals surface area contributed by atoms with Gasteiger partial charge in [0.2, 0.25) is 0 Å². The summed E-state index contributed by atoms with van der Waals surface area (Å²) in [4.78, 5) is 12.1. The van der Waals surface area contributed by atoms with Crippen LogP contribution in [0.4, 0.5) is 8.78 Å². The molecule has 0 bridgehead atoms. The normalized spacial score (nSPS) is 10.6. The van der Waals surface area contributed by atoms with Crippen LogP contribution in [0, 0.1) is 11.6 Å². The fourth-order valence-corrected chi connectivity index (χ4v) is 3.25. The third-order valence-corrected chi connectivity index (χ3v) is 4.62. The number of rotatable bonds is 2. The number of hydrogen-bond acceptors (Lipinski definition) is 2. The molecule has 17 heavy (non-hydrogen) atoms. The maximum Gasteiger partial charge on any atom is 0.196 e. The lowest BCUT2D eigenvalue weighted by Gasteiger charge is -2.04. The van der Waals surface area contributed by atoms with E-state index in [1.54, 1.807) is 10.8 Å². The van der Waals surface area contributed by atoms with Gasteiger partial charge in [-0.1, -0.05) is 0 Å². The molecule has 0 spiro atoms. The summed E-state index contributed by atoms with van der Waals surface area (Å²) in [5.41, 5.74) is 0.532. The van der Waals surface area contributed by atoms with Crippen molar-refractivity contribution in [3.63, 3.8) is 0 Å². The largest absolute Gasteiger partial charge is 0.288 e. The summed E-state index contributed by atoms with van der Waals surface area (Å²) < 4.78 is 26.7. The monoisotopic (exact) mass is 380 g/mol. The third kappa shape index (κ3) is 2.34. The molecule has 1 aromatic carbocycles. The van der Waals surface area contributed by atoms with E-state index < -0.39 is 11.6 Å². The first-order valence-electron chi connectivity index (χ1n) is 4.42. The zero-order valence-electron chi connectivity index (χ0n) is 8.14. The van der Waals surface area contributed by atoms with Gasteiger partial charge in [-0.15, -0.1) is 0 Å². The number of benzene rings is 1. The molecule has 0 atom stereocenters. The van der Waals surface area contributed by atoms with E-state index in [0.717, 1.165) is 6.07 Å². The van der Waals surface area contributed by atoms with E-state index in [4.69, 9.17) is 0 Å². The summed E-state index contributed by atoms with van der Waals surface area (Å²) in [6, 6.07) is 2.20. The molecule has 0 radical (unpaired) electrons. The van der Waals surface area contributed by atoms with Crippen LogP contribution in [0.25, 0.3) is 0 Å². The van der Waals surface area contributed by atoms with Crippen LogP contribution >= 0.6 is 43.2 Å². The van der Waals surface area contributed by atoms with Gasteiger partial charge < -0.3 is 0 Å². The first-order valence-corrected chi connectivity index (χ1v) is 6.95. The maximum atomic E-state index is 13.3. The van der Waals surface area contributed by atoms with Crippen LogP contribution in [-0.2, 0) is 0 Å². The van der Waals surface area contributed by atoms with Gasteiger partial charge in [-0.05, 0) is 44.0 Å². The Kier molecular flexibility index (Phi) is 3.75. The van der Waals surface area contributed by atoms with Crippen LogP contribution in [-0.4, -0.2) is 5.78 Å². The second-order valence-corrected chi connectivity index (χ2v) is 5.58. The zero-order valence-corrected chi connectivity index (χ0v) is 12.1.